The standard InChI is InChI=1S/C65H41NO2/c1-3-16-42(17-4-1)43-30-36-47(37-31-43)66(48-38-32-44(33-39-48)50-24-15-25-54-53-22-10-14-29-59(53)67-63(50)54)49-40-34-45(35-41-49)60-61-64(68-62(60)46-18-5-2-6-19-46)55-23-9-13-28-58(55)65(61)56-26-11-7-20-51(56)52-21-8-12-27-57(52)65/h1-41H. The van der Waals surface area contributed by atoms with Crippen LogP contribution in [0.25, 0.3) is 89.1 Å². The van der Waals surface area contributed by atoms with Gasteiger partial charge >= 0.3 is 0 Å². The summed E-state index contributed by atoms with van der Waals surface area (Å²) in [5, 5.41) is 2.25. The second-order valence-electron chi connectivity index (χ2n) is 17.9. The predicted octanol–water partition coefficient (Wildman–Crippen LogP) is 17.7. The van der Waals surface area contributed by atoms with Crippen LogP contribution in [0.3, 0.4) is 0 Å². The minimum absolute atomic E-state index is 0.565. The maximum Gasteiger partial charge on any atom is 0.143 e. The lowest BCUT2D eigenvalue weighted by Crippen LogP contribution is -2.26. The van der Waals surface area contributed by atoms with Gasteiger partial charge in [0.2, 0.25) is 0 Å². The first kappa shape index (κ1) is 38.4. The highest BCUT2D eigenvalue weighted by Gasteiger charge is 2.55. The maximum absolute atomic E-state index is 7.28. The quantitative estimate of drug-likeness (QED) is 0.160. The van der Waals surface area contributed by atoms with Crippen molar-refractivity contribution in [1.29, 1.82) is 0 Å². The zero-order chi connectivity index (χ0) is 44.8. The Kier molecular flexibility index (Phi) is 8.50. The van der Waals surface area contributed by atoms with Crippen molar-refractivity contribution in [3.05, 3.63) is 271 Å². The summed E-state index contributed by atoms with van der Waals surface area (Å²) < 4.78 is 13.8. The van der Waals surface area contributed by atoms with Crippen molar-refractivity contribution >= 4 is 39.0 Å². The van der Waals surface area contributed by atoms with E-state index in [1.54, 1.807) is 0 Å². The summed E-state index contributed by atoms with van der Waals surface area (Å²) in [6.07, 6.45) is 0. The van der Waals surface area contributed by atoms with Crippen LogP contribution in [0.4, 0.5) is 17.1 Å². The molecule has 0 saturated heterocycles. The van der Waals surface area contributed by atoms with E-state index in [1.165, 1.54) is 44.5 Å². The van der Waals surface area contributed by atoms with Gasteiger partial charge in [0.05, 0.1) is 5.41 Å². The molecule has 3 nitrogen and oxygen atoms in total. The molecule has 2 aliphatic carbocycles. The molecule has 12 aromatic rings. The molecule has 0 unspecified atom stereocenters. The van der Waals surface area contributed by atoms with Gasteiger partial charge in [0.1, 0.15) is 22.7 Å². The molecule has 0 N–H and O–H groups in total. The van der Waals surface area contributed by atoms with E-state index in [4.69, 9.17) is 8.83 Å². The van der Waals surface area contributed by atoms with E-state index in [2.05, 4.69) is 241 Å². The van der Waals surface area contributed by atoms with Crippen molar-refractivity contribution in [2.75, 3.05) is 4.90 Å². The topological polar surface area (TPSA) is 29.5 Å². The smallest absolute Gasteiger partial charge is 0.143 e. The molecule has 14 rings (SSSR count). The minimum atomic E-state index is -0.565. The molecule has 2 aromatic heterocycles. The average Bonchev–Trinajstić information content (AvgIpc) is 4.15. The summed E-state index contributed by atoms with van der Waals surface area (Å²) >= 11 is 0. The van der Waals surface area contributed by atoms with Gasteiger partial charge in [0, 0.05) is 55.7 Å². The number of rotatable bonds is 7. The fraction of sp³-hybridized carbons (Fsp3) is 0.0154. The maximum atomic E-state index is 7.28. The number of hydrogen-bond acceptors (Lipinski definition) is 3. The Morgan fingerprint density at radius 1 is 0.294 bits per heavy atom. The molecule has 2 heterocycles. The normalized spacial score (nSPS) is 12.8. The Bertz CT molecular complexity index is 3830. The third-order valence-corrected chi connectivity index (χ3v) is 14.3. The molecule has 0 aliphatic heterocycles. The number of benzene rings is 10. The van der Waals surface area contributed by atoms with Gasteiger partial charge in [0.15, 0.2) is 0 Å². The van der Waals surface area contributed by atoms with E-state index < -0.39 is 5.41 Å². The first-order valence-electron chi connectivity index (χ1n) is 23.3. The van der Waals surface area contributed by atoms with Crippen molar-refractivity contribution in [2.24, 2.45) is 0 Å². The molecule has 3 heteroatoms. The van der Waals surface area contributed by atoms with Crippen LogP contribution in [0.2, 0.25) is 0 Å². The van der Waals surface area contributed by atoms with Gasteiger partial charge in [-0.3, -0.25) is 0 Å². The molecule has 0 saturated carbocycles. The van der Waals surface area contributed by atoms with Crippen LogP contribution in [0, 0.1) is 0 Å². The van der Waals surface area contributed by atoms with Crippen molar-refractivity contribution in [1.82, 2.24) is 0 Å². The second kappa shape index (κ2) is 15.1. The molecule has 1 spiro atoms. The van der Waals surface area contributed by atoms with Crippen LogP contribution in [0.1, 0.15) is 22.3 Å². The summed E-state index contributed by atoms with van der Waals surface area (Å²) in [7, 11) is 0. The highest BCUT2D eigenvalue weighted by Crippen LogP contribution is 2.66. The summed E-state index contributed by atoms with van der Waals surface area (Å²) in [6, 6.07) is 89.5. The van der Waals surface area contributed by atoms with E-state index in [0.717, 1.165) is 83.9 Å². The van der Waals surface area contributed by atoms with Crippen molar-refractivity contribution in [3.63, 3.8) is 0 Å². The number of fused-ring (bicyclic) bond motifs is 13. The van der Waals surface area contributed by atoms with Crippen LogP contribution in [0.15, 0.2) is 258 Å². The van der Waals surface area contributed by atoms with Crippen molar-refractivity contribution < 1.29 is 8.83 Å². The summed E-state index contributed by atoms with van der Waals surface area (Å²) in [5.41, 5.74) is 20.9. The lowest BCUT2D eigenvalue weighted by molar-refractivity contribution is 0.596. The highest BCUT2D eigenvalue weighted by molar-refractivity contribution is 6.09. The van der Waals surface area contributed by atoms with Crippen molar-refractivity contribution in [3.8, 4) is 67.2 Å². The lowest BCUT2D eigenvalue weighted by atomic mass is 9.69. The Balaban J connectivity index is 0.939. The highest BCUT2D eigenvalue weighted by atomic mass is 16.3. The molecule has 0 radical (unpaired) electrons. The Hall–Kier alpha value is -8.92. The third-order valence-electron chi connectivity index (χ3n) is 14.3. The Labute approximate surface area is 394 Å². The predicted molar refractivity (Wildman–Crippen MR) is 279 cm³/mol. The summed E-state index contributed by atoms with van der Waals surface area (Å²) in [5.74, 6) is 1.81. The molecular weight excluding hydrogens is 827 g/mol. The van der Waals surface area contributed by atoms with Crippen LogP contribution in [-0.4, -0.2) is 0 Å². The van der Waals surface area contributed by atoms with Crippen molar-refractivity contribution in [2.45, 2.75) is 5.41 Å². The van der Waals surface area contributed by atoms with Gasteiger partial charge in [-0.2, -0.15) is 0 Å². The van der Waals surface area contributed by atoms with Crippen LogP contribution < -0.4 is 4.90 Å². The molecule has 0 atom stereocenters. The number of hydrogen-bond donors (Lipinski definition) is 0. The van der Waals surface area contributed by atoms with Crippen LogP contribution in [-0.2, 0) is 5.41 Å². The first-order chi connectivity index (χ1) is 33.7. The third kappa shape index (κ3) is 5.60. The lowest BCUT2D eigenvalue weighted by Gasteiger charge is -2.31. The van der Waals surface area contributed by atoms with Gasteiger partial charge < -0.3 is 13.7 Å². The fourth-order valence-corrected chi connectivity index (χ4v) is 11.4. The number of para-hydroxylation sites is 2. The zero-order valence-electron chi connectivity index (χ0n) is 36.9. The second-order valence-corrected chi connectivity index (χ2v) is 17.9. The SMILES string of the molecule is c1ccc(-c2ccc(N(c3ccc(-c4c(-c5ccccc5)oc5c4C4(c6ccccc6-c6ccccc64)c4ccccc4-5)cc3)c3ccc(-c4cccc5c4oc4ccccc45)cc3)cc2)cc1. The van der Waals surface area contributed by atoms with E-state index in [1.807, 2.05) is 12.1 Å². The molecule has 0 amide bonds. The van der Waals surface area contributed by atoms with Gasteiger partial charge in [-0.05, 0) is 92.5 Å². The number of anilines is 3. The van der Waals surface area contributed by atoms with Gasteiger partial charge in [-0.1, -0.05) is 206 Å². The molecule has 10 aromatic carbocycles. The largest absolute Gasteiger partial charge is 0.455 e. The summed E-state index contributed by atoms with van der Waals surface area (Å²) in [4.78, 5) is 2.35. The number of furan rings is 2. The van der Waals surface area contributed by atoms with Crippen LogP contribution in [0.5, 0.6) is 0 Å². The molecular formula is C65H41NO2. The van der Waals surface area contributed by atoms with E-state index >= 15 is 0 Å². The summed E-state index contributed by atoms with van der Waals surface area (Å²) in [6.45, 7) is 0. The zero-order valence-corrected chi connectivity index (χ0v) is 36.9. The molecule has 0 bridgehead atoms. The minimum Gasteiger partial charge on any atom is -0.455 e. The van der Waals surface area contributed by atoms with Gasteiger partial charge in [-0.15, -0.1) is 0 Å². The van der Waals surface area contributed by atoms with Gasteiger partial charge in [-0.25, -0.2) is 0 Å². The Morgan fingerprint density at radius 2 is 0.750 bits per heavy atom. The van der Waals surface area contributed by atoms with E-state index in [9.17, 15) is 0 Å². The molecule has 318 valence electrons. The molecule has 0 fully saturated rings. The van der Waals surface area contributed by atoms with E-state index in [0.29, 0.717) is 0 Å². The fourth-order valence-electron chi connectivity index (χ4n) is 11.4. The van der Waals surface area contributed by atoms with Gasteiger partial charge in [0.25, 0.3) is 0 Å². The Morgan fingerprint density at radius 3 is 1.38 bits per heavy atom. The first-order valence-corrected chi connectivity index (χ1v) is 23.3. The molecule has 2 aliphatic rings. The monoisotopic (exact) mass is 867 g/mol. The average molecular weight is 868 g/mol. The van der Waals surface area contributed by atoms with E-state index in [-0.39, 0.29) is 0 Å². The van der Waals surface area contributed by atoms with Crippen LogP contribution >= 0.6 is 0 Å². The molecule has 68 heavy (non-hydrogen) atoms. The number of nitrogens with zero attached hydrogens (tertiary/aromatic N) is 1.